The highest BCUT2D eigenvalue weighted by atomic mass is 16.1. The van der Waals surface area contributed by atoms with Gasteiger partial charge in [0, 0.05) is 17.1 Å². The number of hydrogen-bond donors (Lipinski definition) is 2. The summed E-state index contributed by atoms with van der Waals surface area (Å²) < 4.78 is 0. The van der Waals surface area contributed by atoms with Crippen molar-refractivity contribution in [2.75, 3.05) is 11.9 Å². The van der Waals surface area contributed by atoms with Crippen molar-refractivity contribution < 1.29 is 4.79 Å². The third-order valence-corrected chi connectivity index (χ3v) is 4.22. The zero-order valence-corrected chi connectivity index (χ0v) is 12.3. The topological polar surface area (TPSA) is 41.1 Å². The van der Waals surface area contributed by atoms with Crippen LogP contribution in [0.5, 0.6) is 0 Å². The van der Waals surface area contributed by atoms with Gasteiger partial charge in [-0.1, -0.05) is 55.7 Å². The van der Waals surface area contributed by atoms with Crippen molar-refractivity contribution in [2.24, 2.45) is 0 Å². The molecule has 21 heavy (non-hydrogen) atoms. The molecule has 2 aromatic rings. The van der Waals surface area contributed by atoms with E-state index in [1.165, 1.54) is 32.1 Å². The highest BCUT2D eigenvalue weighted by Gasteiger charge is 2.14. The predicted molar refractivity (Wildman–Crippen MR) is 87.5 cm³/mol. The minimum Gasteiger partial charge on any atom is -0.324 e. The smallest absolute Gasteiger partial charge is 0.238 e. The van der Waals surface area contributed by atoms with Crippen LogP contribution < -0.4 is 10.6 Å². The van der Waals surface area contributed by atoms with Gasteiger partial charge >= 0.3 is 0 Å². The Bertz CT molecular complexity index is 612. The Hall–Kier alpha value is -1.87. The van der Waals surface area contributed by atoms with Gasteiger partial charge in [0.25, 0.3) is 0 Å². The molecule has 2 aromatic carbocycles. The van der Waals surface area contributed by atoms with Gasteiger partial charge in [0.15, 0.2) is 0 Å². The molecule has 3 rings (SSSR count). The number of nitrogens with one attached hydrogen (secondary N) is 2. The summed E-state index contributed by atoms with van der Waals surface area (Å²) in [5.41, 5.74) is 0.892. The quantitative estimate of drug-likeness (QED) is 0.897. The van der Waals surface area contributed by atoms with Crippen LogP contribution in [0.4, 0.5) is 5.69 Å². The molecular weight excluding hydrogens is 260 g/mol. The van der Waals surface area contributed by atoms with Crippen LogP contribution in [0.1, 0.15) is 32.1 Å². The number of fused-ring (bicyclic) bond motifs is 1. The Kier molecular flexibility index (Phi) is 4.51. The van der Waals surface area contributed by atoms with E-state index in [0.717, 1.165) is 16.5 Å². The third-order valence-electron chi connectivity index (χ3n) is 4.22. The Morgan fingerprint density at radius 3 is 2.62 bits per heavy atom. The SMILES string of the molecule is O=C(CNC1CCCCC1)Nc1cccc2ccccc12. The number of anilines is 1. The predicted octanol–water partition coefficient (Wildman–Crippen LogP) is 3.70. The van der Waals surface area contributed by atoms with Gasteiger partial charge in [-0.05, 0) is 24.3 Å². The number of carbonyl (C=O) groups excluding carboxylic acids is 1. The van der Waals surface area contributed by atoms with Crippen LogP contribution >= 0.6 is 0 Å². The van der Waals surface area contributed by atoms with E-state index in [0.29, 0.717) is 12.6 Å². The summed E-state index contributed by atoms with van der Waals surface area (Å²) in [5.74, 6) is 0.0388. The van der Waals surface area contributed by atoms with Gasteiger partial charge < -0.3 is 10.6 Å². The Morgan fingerprint density at radius 2 is 1.76 bits per heavy atom. The van der Waals surface area contributed by atoms with Crippen LogP contribution in [0.15, 0.2) is 42.5 Å². The Balaban J connectivity index is 1.61. The molecule has 1 aliphatic carbocycles. The van der Waals surface area contributed by atoms with Crippen molar-refractivity contribution in [3.05, 3.63) is 42.5 Å². The summed E-state index contributed by atoms with van der Waals surface area (Å²) >= 11 is 0. The molecule has 3 nitrogen and oxygen atoms in total. The second-order valence-corrected chi connectivity index (χ2v) is 5.79. The van der Waals surface area contributed by atoms with Crippen molar-refractivity contribution in [1.82, 2.24) is 5.32 Å². The molecule has 0 aromatic heterocycles. The fourth-order valence-electron chi connectivity index (χ4n) is 3.07. The minimum atomic E-state index is 0.0388. The standard InChI is InChI=1S/C18H22N2O/c21-18(13-19-15-9-2-1-3-10-15)20-17-12-6-8-14-7-4-5-11-16(14)17/h4-8,11-12,15,19H,1-3,9-10,13H2,(H,20,21). The average molecular weight is 282 g/mol. The van der Waals surface area contributed by atoms with E-state index in [4.69, 9.17) is 0 Å². The Morgan fingerprint density at radius 1 is 1.00 bits per heavy atom. The first-order valence-corrected chi connectivity index (χ1v) is 7.84. The summed E-state index contributed by atoms with van der Waals surface area (Å²) in [7, 11) is 0. The first-order valence-electron chi connectivity index (χ1n) is 7.84. The first-order chi connectivity index (χ1) is 10.3. The van der Waals surface area contributed by atoms with Crippen molar-refractivity contribution >= 4 is 22.4 Å². The molecule has 1 aliphatic rings. The minimum absolute atomic E-state index is 0.0388. The number of carbonyl (C=O) groups is 1. The fraction of sp³-hybridized carbons (Fsp3) is 0.389. The van der Waals surface area contributed by atoms with Crippen molar-refractivity contribution in [3.63, 3.8) is 0 Å². The molecule has 0 heterocycles. The molecule has 0 saturated heterocycles. The molecule has 0 bridgehead atoms. The Labute approximate surface area is 125 Å². The van der Waals surface area contributed by atoms with Crippen molar-refractivity contribution in [1.29, 1.82) is 0 Å². The molecule has 1 fully saturated rings. The average Bonchev–Trinajstić information content (AvgIpc) is 2.54. The molecule has 0 aliphatic heterocycles. The van der Waals surface area contributed by atoms with Gasteiger partial charge in [0.2, 0.25) is 5.91 Å². The van der Waals surface area contributed by atoms with Gasteiger partial charge in [0.1, 0.15) is 0 Å². The normalized spacial score (nSPS) is 16.0. The zero-order valence-electron chi connectivity index (χ0n) is 12.3. The second-order valence-electron chi connectivity index (χ2n) is 5.79. The van der Waals surface area contributed by atoms with Gasteiger partial charge in [0.05, 0.1) is 6.54 Å². The maximum Gasteiger partial charge on any atom is 0.238 e. The zero-order chi connectivity index (χ0) is 14.5. The van der Waals surface area contributed by atoms with Gasteiger partial charge in [-0.2, -0.15) is 0 Å². The van der Waals surface area contributed by atoms with Crippen LogP contribution in [0, 0.1) is 0 Å². The molecular formula is C18H22N2O. The largest absolute Gasteiger partial charge is 0.324 e. The molecule has 1 amide bonds. The monoisotopic (exact) mass is 282 g/mol. The number of amides is 1. The highest BCUT2D eigenvalue weighted by Crippen LogP contribution is 2.22. The molecule has 110 valence electrons. The van der Waals surface area contributed by atoms with Gasteiger partial charge in [-0.15, -0.1) is 0 Å². The van der Waals surface area contributed by atoms with E-state index in [1.54, 1.807) is 0 Å². The second kappa shape index (κ2) is 6.72. The molecule has 1 saturated carbocycles. The van der Waals surface area contributed by atoms with E-state index in [-0.39, 0.29) is 5.91 Å². The maximum atomic E-state index is 12.1. The molecule has 0 unspecified atom stereocenters. The van der Waals surface area contributed by atoms with Crippen LogP contribution in [0.2, 0.25) is 0 Å². The highest BCUT2D eigenvalue weighted by molar-refractivity contribution is 6.02. The first kappa shape index (κ1) is 14.1. The van der Waals surface area contributed by atoms with Crippen molar-refractivity contribution in [2.45, 2.75) is 38.1 Å². The van der Waals surface area contributed by atoms with Crippen LogP contribution in [0.3, 0.4) is 0 Å². The number of rotatable bonds is 4. The molecule has 3 heteroatoms. The summed E-state index contributed by atoms with van der Waals surface area (Å²) in [4.78, 5) is 12.1. The molecule has 0 spiro atoms. The van der Waals surface area contributed by atoms with Gasteiger partial charge in [-0.3, -0.25) is 4.79 Å². The van der Waals surface area contributed by atoms with Crippen molar-refractivity contribution in [3.8, 4) is 0 Å². The summed E-state index contributed by atoms with van der Waals surface area (Å²) in [5, 5.41) is 8.64. The molecule has 0 radical (unpaired) electrons. The summed E-state index contributed by atoms with van der Waals surface area (Å²) in [6.45, 7) is 0.397. The van der Waals surface area contributed by atoms with E-state index in [9.17, 15) is 4.79 Å². The molecule has 0 atom stereocenters. The van der Waals surface area contributed by atoms with E-state index < -0.39 is 0 Å². The summed E-state index contributed by atoms with van der Waals surface area (Å²) in [6, 6.07) is 14.6. The number of benzene rings is 2. The molecule has 2 N–H and O–H groups in total. The van der Waals surface area contributed by atoms with Crippen LogP contribution in [0.25, 0.3) is 10.8 Å². The van der Waals surface area contributed by atoms with E-state index >= 15 is 0 Å². The number of hydrogen-bond acceptors (Lipinski definition) is 2. The summed E-state index contributed by atoms with van der Waals surface area (Å²) in [6.07, 6.45) is 6.29. The van der Waals surface area contributed by atoms with E-state index in [2.05, 4.69) is 22.8 Å². The van der Waals surface area contributed by atoms with Crippen LogP contribution in [-0.4, -0.2) is 18.5 Å². The lowest BCUT2D eigenvalue weighted by molar-refractivity contribution is -0.115. The fourth-order valence-corrected chi connectivity index (χ4v) is 3.07. The lowest BCUT2D eigenvalue weighted by Crippen LogP contribution is -2.37. The maximum absolute atomic E-state index is 12.1. The van der Waals surface area contributed by atoms with E-state index in [1.807, 2.05) is 30.3 Å². The van der Waals surface area contributed by atoms with Gasteiger partial charge in [-0.25, -0.2) is 0 Å². The lowest BCUT2D eigenvalue weighted by Gasteiger charge is -2.22. The third kappa shape index (κ3) is 3.61. The van der Waals surface area contributed by atoms with Crippen LogP contribution in [-0.2, 0) is 4.79 Å². The lowest BCUT2D eigenvalue weighted by atomic mass is 9.95.